The van der Waals surface area contributed by atoms with Crippen LogP contribution in [0.15, 0.2) is 42.5 Å². The minimum Gasteiger partial charge on any atom is -0.493 e. The molecule has 0 N–H and O–H groups in total. The van der Waals surface area contributed by atoms with Crippen LogP contribution >= 0.6 is 11.6 Å². The van der Waals surface area contributed by atoms with Gasteiger partial charge in [0, 0.05) is 6.42 Å². The average molecular weight is 411 g/mol. The zero-order valence-corrected chi connectivity index (χ0v) is 16.0. The van der Waals surface area contributed by atoms with Crippen molar-refractivity contribution in [3.8, 4) is 11.5 Å². The molecule has 2 aromatic rings. The highest BCUT2D eigenvalue weighted by molar-refractivity contribution is 6.31. The first kappa shape index (κ1) is 20.3. The van der Waals surface area contributed by atoms with Crippen molar-refractivity contribution in [2.45, 2.75) is 24.9 Å². The number of carbonyl (C=O) groups excluding carboxylic acids is 1. The number of benzene rings is 2. The second kappa shape index (κ2) is 7.87. The Morgan fingerprint density at radius 3 is 2.36 bits per heavy atom. The first-order valence-electron chi connectivity index (χ1n) is 8.55. The van der Waals surface area contributed by atoms with Crippen molar-refractivity contribution in [2.75, 3.05) is 14.2 Å². The quantitative estimate of drug-likeness (QED) is 0.629. The van der Waals surface area contributed by atoms with Crippen molar-refractivity contribution in [2.24, 2.45) is 0 Å². The zero-order valence-electron chi connectivity index (χ0n) is 15.3. The molecule has 0 unspecified atom stereocenters. The van der Waals surface area contributed by atoms with E-state index < -0.39 is 11.7 Å². The minimum atomic E-state index is -4.56. The normalized spacial score (nSPS) is 17.3. The molecule has 0 spiro atoms. The van der Waals surface area contributed by atoms with Crippen molar-refractivity contribution in [1.29, 1.82) is 0 Å². The Kier molecular flexibility index (Phi) is 5.70. The van der Waals surface area contributed by atoms with E-state index in [1.165, 1.54) is 32.4 Å². The third kappa shape index (κ3) is 4.17. The summed E-state index contributed by atoms with van der Waals surface area (Å²) in [6, 6.07) is 9.10. The van der Waals surface area contributed by atoms with E-state index in [0.29, 0.717) is 29.1 Å². The number of rotatable bonds is 4. The van der Waals surface area contributed by atoms with Crippen LogP contribution < -0.4 is 9.47 Å². The van der Waals surface area contributed by atoms with Crippen LogP contribution in [-0.4, -0.2) is 20.0 Å². The maximum absolute atomic E-state index is 13.2. The number of ether oxygens (including phenoxy) is 2. The highest BCUT2D eigenvalue weighted by Crippen LogP contribution is 2.41. The second-order valence-corrected chi connectivity index (χ2v) is 6.96. The number of hydrogen-bond donors (Lipinski definition) is 0. The fourth-order valence-electron chi connectivity index (χ4n) is 3.38. The summed E-state index contributed by atoms with van der Waals surface area (Å²) < 4.78 is 50.0. The molecule has 0 saturated carbocycles. The Labute approximate surface area is 165 Å². The van der Waals surface area contributed by atoms with Crippen molar-refractivity contribution in [3.05, 3.63) is 64.2 Å². The molecule has 0 aromatic heterocycles. The number of ketones is 1. The summed E-state index contributed by atoms with van der Waals surface area (Å²) in [7, 11) is 3.05. The van der Waals surface area contributed by atoms with E-state index in [-0.39, 0.29) is 23.1 Å². The van der Waals surface area contributed by atoms with Crippen molar-refractivity contribution < 1.29 is 27.4 Å². The van der Waals surface area contributed by atoms with Crippen molar-refractivity contribution in [1.82, 2.24) is 0 Å². The van der Waals surface area contributed by atoms with Gasteiger partial charge in [0.15, 0.2) is 17.3 Å². The van der Waals surface area contributed by atoms with E-state index in [4.69, 9.17) is 21.1 Å². The molecule has 1 aliphatic rings. The van der Waals surface area contributed by atoms with E-state index in [0.717, 1.165) is 11.6 Å². The zero-order chi connectivity index (χ0) is 20.5. The van der Waals surface area contributed by atoms with Gasteiger partial charge in [-0.15, -0.1) is 0 Å². The van der Waals surface area contributed by atoms with E-state index in [1.54, 1.807) is 12.1 Å². The largest absolute Gasteiger partial charge is 0.493 e. The van der Waals surface area contributed by atoms with Crippen molar-refractivity contribution >= 4 is 23.0 Å². The van der Waals surface area contributed by atoms with Gasteiger partial charge in [0.25, 0.3) is 0 Å². The van der Waals surface area contributed by atoms with Crippen LogP contribution in [0.5, 0.6) is 11.5 Å². The molecule has 3 nitrogen and oxygen atoms in total. The molecule has 3 rings (SSSR count). The highest BCUT2D eigenvalue weighted by atomic mass is 35.5. The van der Waals surface area contributed by atoms with Gasteiger partial charge in [0.05, 0.1) is 24.8 Å². The van der Waals surface area contributed by atoms with Crippen LogP contribution in [0.1, 0.15) is 35.4 Å². The van der Waals surface area contributed by atoms with Gasteiger partial charge in [-0.2, -0.15) is 13.2 Å². The van der Waals surface area contributed by atoms with Gasteiger partial charge in [-0.05, 0) is 59.4 Å². The standard InChI is InChI=1S/C21H18ClF3O3/c1-27-19-6-4-13(11-20(19)28-2)15-7-14(8-16(26)9-15)12-3-5-18(22)17(10-12)21(23,24)25/h3-6,8,10-11,15H,7,9H2,1-2H3/t15-/m1/s1. The number of alkyl halides is 3. The molecule has 2 aromatic carbocycles. The van der Waals surface area contributed by atoms with Crippen LogP contribution in [0.4, 0.5) is 13.2 Å². The molecular formula is C21H18ClF3O3. The van der Waals surface area contributed by atoms with E-state index in [1.807, 2.05) is 6.07 Å². The lowest BCUT2D eigenvalue weighted by atomic mass is 9.80. The van der Waals surface area contributed by atoms with Gasteiger partial charge in [0.1, 0.15) is 0 Å². The Balaban J connectivity index is 1.95. The van der Waals surface area contributed by atoms with E-state index >= 15 is 0 Å². The maximum Gasteiger partial charge on any atom is 0.417 e. The lowest BCUT2D eigenvalue weighted by molar-refractivity contribution is -0.137. The number of halogens is 4. The molecule has 1 aliphatic carbocycles. The monoisotopic (exact) mass is 410 g/mol. The Morgan fingerprint density at radius 2 is 1.71 bits per heavy atom. The predicted octanol–water partition coefficient (Wildman–Crippen LogP) is 5.91. The summed E-state index contributed by atoms with van der Waals surface area (Å²) >= 11 is 5.70. The summed E-state index contributed by atoms with van der Waals surface area (Å²) in [6.07, 6.45) is -2.44. The Morgan fingerprint density at radius 1 is 1.00 bits per heavy atom. The molecule has 148 valence electrons. The number of methoxy groups -OCH3 is 2. The van der Waals surface area contributed by atoms with Gasteiger partial charge in [-0.25, -0.2) is 0 Å². The average Bonchev–Trinajstić information content (AvgIpc) is 2.66. The summed E-state index contributed by atoms with van der Waals surface area (Å²) in [5.41, 5.74) is 0.850. The van der Waals surface area contributed by atoms with Gasteiger partial charge in [0.2, 0.25) is 0 Å². The van der Waals surface area contributed by atoms with Gasteiger partial charge >= 0.3 is 6.18 Å². The molecule has 1 atom stereocenters. The number of hydrogen-bond acceptors (Lipinski definition) is 3. The summed E-state index contributed by atoms with van der Waals surface area (Å²) in [5.74, 6) is 0.799. The maximum atomic E-state index is 13.2. The van der Waals surface area contributed by atoms with Crippen LogP contribution in [-0.2, 0) is 11.0 Å². The third-order valence-corrected chi connectivity index (χ3v) is 5.10. The molecule has 0 heterocycles. The van der Waals surface area contributed by atoms with Gasteiger partial charge in [-0.1, -0.05) is 23.7 Å². The minimum absolute atomic E-state index is 0.135. The highest BCUT2D eigenvalue weighted by Gasteiger charge is 2.34. The molecule has 0 radical (unpaired) electrons. The van der Waals surface area contributed by atoms with Crippen LogP contribution in [0.2, 0.25) is 5.02 Å². The number of carbonyl (C=O) groups is 1. The van der Waals surface area contributed by atoms with E-state index in [2.05, 4.69) is 0 Å². The fourth-order valence-corrected chi connectivity index (χ4v) is 3.60. The molecule has 0 bridgehead atoms. The Bertz CT molecular complexity index is 935. The molecule has 0 saturated heterocycles. The lowest BCUT2D eigenvalue weighted by Gasteiger charge is -2.24. The molecular weight excluding hydrogens is 393 g/mol. The molecule has 0 fully saturated rings. The van der Waals surface area contributed by atoms with Crippen molar-refractivity contribution in [3.63, 3.8) is 0 Å². The Hall–Kier alpha value is -2.47. The summed E-state index contributed by atoms with van der Waals surface area (Å²) in [6.45, 7) is 0. The number of allylic oxidation sites excluding steroid dienone is 2. The van der Waals surface area contributed by atoms with Crippen LogP contribution in [0.3, 0.4) is 0 Å². The fraction of sp³-hybridized carbons (Fsp3) is 0.286. The predicted molar refractivity (Wildman–Crippen MR) is 101 cm³/mol. The van der Waals surface area contributed by atoms with Crippen LogP contribution in [0.25, 0.3) is 5.57 Å². The summed E-state index contributed by atoms with van der Waals surface area (Å²) in [5, 5.41) is -0.365. The van der Waals surface area contributed by atoms with Gasteiger partial charge < -0.3 is 9.47 Å². The van der Waals surface area contributed by atoms with Gasteiger partial charge in [-0.3, -0.25) is 4.79 Å². The van der Waals surface area contributed by atoms with E-state index in [9.17, 15) is 18.0 Å². The topological polar surface area (TPSA) is 35.5 Å². The SMILES string of the molecule is COc1ccc([C@H]2CC(=O)C=C(c3ccc(Cl)c(C(F)(F)F)c3)C2)cc1OC. The first-order chi connectivity index (χ1) is 13.2. The third-order valence-electron chi connectivity index (χ3n) is 4.77. The molecule has 0 amide bonds. The molecule has 7 heteroatoms. The first-order valence-corrected chi connectivity index (χ1v) is 8.93. The second-order valence-electron chi connectivity index (χ2n) is 6.55. The lowest BCUT2D eigenvalue weighted by Crippen LogP contribution is -2.13. The molecule has 0 aliphatic heterocycles. The smallest absolute Gasteiger partial charge is 0.417 e. The molecule has 28 heavy (non-hydrogen) atoms. The summed E-state index contributed by atoms with van der Waals surface area (Å²) in [4.78, 5) is 12.3. The van der Waals surface area contributed by atoms with Crippen LogP contribution in [0, 0.1) is 0 Å².